The van der Waals surface area contributed by atoms with E-state index >= 15 is 0 Å². The third kappa shape index (κ3) is 5.58. The Balaban J connectivity index is 1.82. The Kier molecular flexibility index (Phi) is 5.94. The van der Waals surface area contributed by atoms with Gasteiger partial charge < -0.3 is 5.11 Å². The number of halogens is 2. The van der Waals surface area contributed by atoms with E-state index in [4.69, 9.17) is 0 Å². The normalized spacial score (nSPS) is 20.3. The van der Waals surface area contributed by atoms with Crippen LogP contribution in [-0.4, -0.2) is 52.1 Å². The van der Waals surface area contributed by atoms with Gasteiger partial charge in [0.2, 0.25) is 0 Å². The van der Waals surface area contributed by atoms with Crippen LogP contribution in [0, 0.1) is 0 Å². The molecule has 27 heavy (non-hydrogen) atoms. The van der Waals surface area contributed by atoms with E-state index in [1.54, 1.807) is 18.7 Å². The fourth-order valence-electron chi connectivity index (χ4n) is 3.81. The molecule has 0 radical (unpaired) electrons. The highest BCUT2D eigenvalue weighted by atomic mass is 19.3. The summed E-state index contributed by atoms with van der Waals surface area (Å²) in [6, 6.07) is 18.6. The number of hydrogen-bond acceptors (Lipinski definition) is 3. The lowest BCUT2D eigenvalue weighted by Gasteiger charge is -2.32. The first-order chi connectivity index (χ1) is 12.7. The number of nitrogens with zero attached hydrogens (tertiary/aromatic N) is 2. The van der Waals surface area contributed by atoms with Crippen LogP contribution in [0.25, 0.3) is 0 Å². The SMILES string of the molecule is CC(C)(O)CN1CC(N(Cc2ccccc2)Cc2ccccc2)C(F)(F)C1. The summed E-state index contributed by atoms with van der Waals surface area (Å²) in [7, 11) is 0. The highest BCUT2D eigenvalue weighted by Crippen LogP contribution is 2.34. The molecule has 2 aromatic carbocycles. The maximum atomic E-state index is 14.9. The van der Waals surface area contributed by atoms with Crippen LogP contribution < -0.4 is 0 Å². The van der Waals surface area contributed by atoms with Gasteiger partial charge in [0.1, 0.15) is 0 Å². The van der Waals surface area contributed by atoms with E-state index in [0.29, 0.717) is 13.1 Å². The molecule has 0 aromatic heterocycles. The highest BCUT2D eigenvalue weighted by molar-refractivity contribution is 5.18. The van der Waals surface area contributed by atoms with E-state index in [-0.39, 0.29) is 19.6 Å². The van der Waals surface area contributed by atoms with Crippen molar-refractivity contribution in [3.05, 3.63) is 71.8 Å². The summed E-state index contributed by atoms with van der Waals surface area (Å²) in [5.74, 6) is -2.82. The maximum Gasteiger partial charge on any atom is 0.276 e. The molecule has 3 rings (SSSR count). The van der Waals surface area contributed by atoms with Crippen molar-refractivity contribution < 1.29 is 13.9 Å². The third-order valence-electron chi connectivity index (χ3n) is 4.86. The maximum absolute atomic E-state index is 14.9. The van der Waals surface area contributed by atoms with Gasteiger partial charge in [-0.2, -0.15) is 0 Å². The van der Waals surface area contributed by atoms with Crippen LogP contribution in [0.2, 0.25) is 0 Å². The molecule has 1 fully saturated rings. The molecule has 1 aliphatic rings. The molecule has 1 heterocycles. The molecule has 0 aliphatic carbocycles. The van der Waals surface area contributed by atoms with E-state index in [1.807, 2.05) is 65.6 Å². The van der Waals surface area contributed by atoms with Crippen molar-refractivity contribution in [3.8, 4) is 0 Å². The van der Waals surface area contributed by atoms with Gasteiger partial charge in [-0.05, 0) is 25.0 Å². The Bertz CT molecular complexity index is 675. The number of β-amino-alcohol motifs (C(OH)–C–C–N with tert-alkyl or cyclic N) is 1. The number of likely N-dealkylation sites (tertiary alicyclic amines) is 1. The summed E-state index contributed by atoms with van der Waals surface area (Å²) in [5, 5.41) is 10.0. The Morgan fingerprint density at radius 2 is 1.48 bits per heavy atom. The van der Waals surface area contributed by atoms with Gasteiger partial charge in [-0.15, -0.1) is 0 Å². The van der Waals surface area contributed by atoms with Crippen LogP contribution in [0.5, 0.6) is 0 Å². The van der Waals surface area contributed by atoms with Gasteiger partial charge in [0.15, 0.2) is 0 Å². The zero-order valence-electron chi connectivity index (χ0n) is 16.0. The Morgan fingerprint density at radius 1 is 1.00 bits per heavy atom. The molecule has 1 saturated heterocycles. The van der Waals surface area contributed by atoms with Crippen molar-refractivity contribution in [2.75, 3.05) is 19.6 Å². The number of aliphatic hydroxyl groups is 1. The van der Waals surface area contributed by atoms with Crippen LogP contribution >= 0.6 is 0 Å². The molecular weight excluding hydrogens is 346 g/mol. The van der Waals surface area contributed by atoms with Crippen molar-refractivity contribution in [1.29, 1.82) is 0 Å². The van der Waals surface area contributed by atoms with Gasteiger partial charge in [0.25, 0.3) is 5.92 Å². The molecule has 1 unspecified atom stereocenters. The number of benzene rings is 2. The summed E-state index contributed by atoms with van der Waals surface area (Å²) in [4.78, 5) is 3.54. The van der Waals surface area contributed by atoms with Crippen molar-refractivity contribution in [1.82, 2.24) is 9.80 Å². The Hall–Kier alpha value is -1.82. The summed E-state index contributed by atoms with van der Waals surface area (Å²) in [6.45, 7) is 4.41. The van der Waals surface area contributed by atoms with Crippen molar-refractivity contribution in [3.63, 3.8) is 0 Å². The van der Waals surface area contributed by atoms with Gasteiger partial charge in [0.05, 0.1) is 18.2 Å². The van der Waals surface area contributed by atoms with Crippen molar-refractivity contribution in [2.45, 2.75) is 44.5 Å². The smallest absolute Gasteiger partial charge is 0.276 e. The standard InChI is InChI=1S/C22H28F2N2O/c1-21(2,27)16-25-15-20(22(23,24)17-25)26(13-18-9-5-3-6-10-18)14-19-11-7-4-8-12-19/h3-12,20,27H,13-17H2,1-2H3. The largest absolute Gasteiger partial charge is 0.389 e. The monoisotopic (exact) mass is 374 g/mol. The lowest BCUT2D eigenvalue weighted by Crippen LogP contribution is -2.46. The minimum atomic E-state index is -2.82. The minimum absolute atomic E-state index is 0.240. The molecule has 5 heteroatoms. The molecule has 1 N–H and O–H groups in total. The average Bonchev–Trinajstić information content (AvgIpc) is 2.88. The molecule has 2 aromatic rings. The van der Waals surface area contributed by atoms with Crippen LogP contribution in [0.15, 0.2) is 60.7 Å². The fourth-order valence-corrected chi connectivity index (χ4v) is 3.81. The molecule has 0 amide bonds. The van der Waals surface area contributed by atoms with Gasteiger partial charge in [0, 0.05) is 26.2 Å². The van der Waals surface area contributed by atoms with Crippen LogP contribution in [0.1, 0.15) is 25.0 Å². The van der Waals surface area contributed by atoms with Gasteiger partial charge in [-0.25, -0.2) is 8.78 Å². The topological polar surface area (TPSA) is 26.7 Å². The van der Waals surface area contributed by atoms with Crippen LogP contribution in [0.4, 0.5) is 8.78 Å². The second kappa shape index (κ2) is 8.05. The van der Waals surface area contributed by atoms with E-state index < -0.39 is 17.6 Å². The summed E-state index contributed by atoms with van der Waals surface area (Å²) in [5.41, 5.74) is 1.05. The lowest BCUT2D eigenvalue weighted by atomic mass is 10.1. The minimum Gasteiger partial charge on any atom is -0.389 e. The molecular formula is C22H28F2N2O. The van der Waals surface area contributed by atoms with E-state index in [0.717, 1.165) is 11.1 Å². The fraction of sp³-hybridized carbons (Fsp3) is 0.455. The molecule has 0 saturated carbocycles. The second-order valence-electron chi connectivity index (χ2n) is 8.14. The van der Waals surface area contributed by atoms with E-state index in [1.165, 1.54) is 0 Å². The van der Waals surface area contributed by atoms with E-state index in [2.05, 4.69) is 0 Å². The molecule has 1 atom stereocenters. The first-order valence-corrected chi connectivity index (χ1v) is 9.37. The summed E-state index contributed by atoms with van der Waals surface area (Å²) >= 11 is 0. The number of alkyl halides is 2. The van der Waals surface area contributed by atoms with Gasteiger partial charge in [-0.1, -0.05) is 60.7 Å². The van der Waals surface area contributed by atoms with Crippen LogP contribution in [0.3, 0.4) is 0 Å². The predicted molar refractivity (Wildman–Crippen MR) is 104 cm³/mol. The van der Waals surface area contributed by atoms with Crippen LogP contribution in [-0.2, 0) is 13.1 Å². The van der Waals surface area contributed by atoms with E-state index in [9.17, 15) is 13.9 Å². The predicted octanol–water partition coefficient (Wildman–Crippen LogP) is 3.78. The van der Waals surface area contributed by atoms with Crippen molar-refractivity contribution in [2.24, 2.45) is 0 Å². The first-order valence-electron chi connectivity index (χ1n) is 9.37. The quantitative estimate of drug-likeness (QED) is 0.799. The lowest BCUT2D eigenvalue weighted by molar-refractivity contribution is -0.0572. The first kappa shape index (κ1) is 19.9. The average molecular weight is 374 g/mol. The van der Waals surface area contributed by atoms with Crippen molar-refractivity contribution >= 4 is 0 Å². The Labute approximate surface area is 160 Å². The molecule has 3 nitrogen and oxygen atoms in total. The number of rotatable bonds is 7. The third-order valence-corrected chi connectivity index (χ3v) is 4.86. The summed E-state index contributed by atoms with van der Waals surface area (Å²) in [6.07, 6.45) is 0. The zero-order valence-corrected chi connectivity index (χ0v) is 16.0. The van der Waals surface area contributed by atoms with Gasteiger partial charge in [-0.3, -0.25) is 9.80 Å². The molecule has 1 aliphatic heterocycles. The summed E-state index contributed by atoms with van der Waals surface area (Å²) < 4.78 is 29.8. The number of hydrogen-bond donors (Lipinski definition) is 1. The second-order valence-corrected chi connectivity index (χ2v) is 8.14. The molecule has 0 spiro atoms. The van der Waals surface area contributed by atoms with Gasteiger partial charge >= 0.3 is 0 Å². The Morgan fingerprint density at radius 3 is 1.93 bits per heavy atom. The zero-order chi connectivity index (χ0) is 19.5. The molecule has 0 bridgehead atoms. The molecule has 146 valence electrons. The highest BCUT2D eigenvalue weighted by Gasteiger charge is 2.51.